The van der Waals surface area contributed by atoms with Gasteiger partial charge in [-0.05, 0) is 47.8 Å². The number of hydrogen-bond donors (Lipinski definition) is 1. The minimum absolute atomic E-state index is 0.296. The van der Waals surface area contributed by atoms with E-state index in [0.29, 0.717) is 24.3 Å². The Morgan fingerprint density at radius 2 is 1.64 bits per heavy atom. The molecule has 0 spiro atoms. The highest BCUT2D eigenvalue weighted by Crippen LogP contribution is 2.27. The van der Waals surface area contributed by atoms with Crippen LogP contribution in [0, 0.1) is 17.8 Å². The molecule has 0 aromatic heterocycles. The van der Waals surface area contributed by atoms with Gasteiger partial charge in [-0.25, -0.2) is 0 Å². The van der Waals surface area contributed by atoms with Gasteiger partial charge in [0, 0.05) is 12.5 Å². The van der Waals surface area contributed by atoms with Gasteiger partial charge in [-0.2, -0.15) is 0 Å². The summed E-state index contributed by atoms with van der Waals surface area (Å²) in [6.45, 7) is 19.7. The molecule has 25 heavy (non-hydrogen) atoms. The lowest BCUT2D eigenvalue weighted by Crippen LogP contribution is -2.11. The molecular weight excluding hydrogens is 302 g/mol. The lowest BCUT2D eigenvalue weighted by Gasteiger charge is -2.22. The molecule has 0 bridgehead atoms. The van der Waals surface area contributed by atoms with Crippen molar-refractivity contribution < 1.29 is 0 Å². The van der Waals surface area contributed by atoms with Gasteiger partial charge in [0.1, 0.15) is 0 Å². The van der Waals surface area contributed by atoms with Crippen molar-refractivity contribution in [3.63, 3.8) is 0 Å². The highest BCUT2D eigenvalue weighted by Gasteiger charge is 2.15. The van der Waals surface area contributed by atoms with E-state index in [0.717, 1.165) is 24.8 Å². The second kappa shape index (κ2) is 10.9. The molecule has 0 aliphatic rings. The molecule has 0 saturated carbocycles. The van der Waals surface area contributed by atoms with Gasteiger partial charge < -0.3 is 5.73 Å². The first kappa shape index (κ1) is 21.2. The Morgan fingerprint density at radius 3 is 2.20 bits per heavy atom. The van der Waals surface area contributed by atoms with Crippen LogP contribution in [0.15, 0.2) is 73.4 Å². The minimum Gasteiger partial charge on any atom is -0.326 e. The molecule has 0 heterocycles. The third kappa shape index (κ3) is 7.27. The Labute approximate surface area is 155 Å². The zero-order chi connectivity index (χ0) is 18.8. The van der Waals surface area contributed by atoms with Crippen LogP contribution in [0.3, 0.4) is 0 Å². The third-order valence-corrected chi connectivity index (χ3v) is 4.99. The molecule has 0 radical (unpaired) electrons. The summed E-state index contributed by atoms with van der Waals surface area (Å²) in [6.07, 6.45) is 9.50. The average Bonchev–Trinajstić information content (AvgIpc) is 2.61. The van der Waals surface area contributed by atoms with Gasteiger partial charge in [0.15, 0.2) is 0 Å². The van der Waals surface area contributed by atoms with E-state index < -0.39 is 0 Å². The normalized spacial score (nSPS) is 14.9. The molecule has 1 heteroatoms. The molecule has 0 aliphatic carbocycles. The van der Waals surface area contributed by atoms with E-state index >= 15 is 0 Å². The van der Waals surface area contributed by atoms with Crippen molar-refractivity contribution in [2.45, 2.75) is 46.6 Å². The Hall–Kier alpha value is -1.86. The molecule has 136 valence electrons. The maximum Gasteiger partial charge on any atom is 0.0178 e. The number of hydrogen-bond acceptors (Lipinski definition) is 1. The summed E-state index contributed by atoms with van der Waals surface area (Å²) in [5.41, 5.74) is 10.6. The van der Waals surface area contributed by atoms with Gasteiger partial charge in [0.25, 0.3) is 0 Å². The van der Waals surface area contributed by atoms with Crippen LogP contribution in [0.25, 0.3) is 0 Å². The van der Waals surface area contributed by atoms with E-state index in [1.165, 1.54) is 16.7 Å². The quantitative estimate of drug-likeness (QED) is 0.376. The molecule has 0 saturated heterocycles. The first-order valence-corrected chi connectivity index (χ1v) is 9.31. The lowest BCUT2D eigenvalue weighted by atomic mass is 9.83. The summed E-state index contributed by atoms with van der Waals surface area (Å²) < 4.78 is 0. The van der Waals surface area contributed by atoms with Crippen molar-refractivity contribution in [2.24, 2.45) is 23.5 Å². The molecule has 3 atom stereocenters. The molecule has 1 aromatic rings. The molecule has 1 rings (SSSR count). The van der Waals surface area contributed by atoms with E-state index in [1.54, 1.807) is 0 Å². The van der Waals surface area contributed by atoms with Gasteiger partial charge in [-0.3, -0.25) is 0 Å². The number of benzene rings is 1. The zero-order valence-corrected chi connectivity index (χ0v) is 16.3. The Morgan fingerprint density at radius 1 is 1.04 bits per heavy atom. The van der Waals surface area contributed by atoms with E-state index in [1.807, 2.05) is 6.08 Å². The van der Waals surface area contributed by atoms with Crippen molar-refractivity contribution >= 4 is 0 Å². The second-order valence-corrected chi connectivity index (χ2v) is 7.26. The summed E-state index contributed by atoms with van der Waals surface area (Å²) in [6, 6.07) is 8.57. The third-order valence-electron chi connectivity index (χ3n) is 4.99. The first-order valence-electron chi connectivity index (χ1n) is 9.31. The van der Waals surface area contributed by atoms with Gasteiger partial charge in [-0.15, -0.1) is 6.58 Å². The van der Waals surface area contributed by atoms with E-state index in [-0.39, 0.29) is 0 Å². The van der Waals surface area contributed by atoms with Gasteiger partial charge >= 0.3 is 0 Å². The number of nitrogens with two attached hydrogens (primary N) is 1. The average molecular weight is 338 g/mol. The smallest absolute Gasteiger partial charge is 0.0178 e. The summed E-state index contributed by atoms with van der Waals surface area (Å²) in [5, 5.41) is 0. The Balaban J connectivity index is 2.56. The topological polar surface area (TPSA) is 26.0 Å². The van der Waals surface area contributed by atoms with Crippen LogP contribution in [-0.4, -0.2) is 0 Å². The fourth-order valence-corrected chi connectivity index (χ4v) is 2.94. The molecule has 3 unspecified atom stereocenters. The second-order valence-electron chi connectivity index (χ2n) is 7.26. The fraction of sp³-hybridized carbons (Fsp3) is 0.417. The predicted octanol–water partition coefficient (Wildman–Crippen LogP) is 6.23. The van der Waals surface area contributed by atoms with Crippen LogP contribution < -0.4 is 5.73 Å². The Kier molecular flexibility index (Phi) is 9.23. The first-order chi connectivity index (χ1) is 11.9. The van der Waals surface area contributed by atoms with Crippen LogP contribution in [0.2, 0.25) is 0 Å². The molecular formula is C24H35N. The highest BCUT2D eigenvalue weighted by molar-refractivity contribution is 5.28. The monoisotopic (exact) mass is 337 g/mol. The fourth-order valence-electron chi connectivity index (χ4n) is 2.94. The molecule has 1 aromatic carbocycles. The summed E-state index contributed by atoms with van der Waals surface area (Å²) in [7, 11) is 0. The van der Waals surface area contributed by atoms with Crippen LogP contribution in [0.5, 0.6) is 0 Å². The standard InChI is InChI=1S/C24H35N/c1-7-9-18(2)10-8-11-19(3)21(5)22(6)20(4)16-23-12-14-24(17-25)15-13-23/h7-8,11-15,18,20-21H,1,3,6,9-10,16-17,25H2,2,4-5H3/b11-8-. The maximum atomic E-state index is 5.66. The van der Waals surface area contributed by atoms with Crippen LogP contribution in [-0.2, 0) is 13.0 Å². The van der Waals surface area contributed by atoms with Gasteiger partial charge in [0.2, 0.25) is 0 Å². The SMILES string of the molecule is C=CCC(C)C/C=C\C(=C)C(C)C(=C)C(C)Cc1ccc(CN)cc1. The van der Waals surface area contributed by atoms with Crippen LogP contribution in [0.1, 0.15) is 44.7 Å². The van der Waals surface area contributed by atoms with Crippen LogP contribution in [0.4, 0.5) is 0 Å². The van der Waals surface area contributed by atoms with Gasteiger partial charge in [0.05, 0.1) is 0 Å². The lowest BCUT2D eigenvalue weighted by molar-refractivity contribution is 0.596. The van der Waals surface area contributed by atoms with Crippen molar-refractivity contribution in [1.82, 2.24) is 0 Å². The zero-order valence-electron chi connectivity index (χ0n) is 16.3. The minimum atomic E-state index is 0.296. The summed E-state index contributed by atoms with van der Waals surface area (Å²) in [4.78, 5) is 0. The van der Waals surface area contributed by atoms with Crippen molar-refractivity contribution in [3.05, 3.63) is 84.5 Å². The predicted molar refractivity (Wildman–Crippen MR) is 112 cm³/mol. The molecule has 0 amide bonds. The van der Waals surface area contributed by atoms with E-state index in [4.69, 9.17) is 5.73 Å². The van der Waals surface area contributed by atoms with Crippen molar-refractivity contribution in [2.75, 3.05) is 0 Å². The van der Waals surface area contributed by atoms with Crippen LogP contribution >= 0.6 is 0 Å². The number of rotatable bonds is 11. The molecule has 0 aliphatic heterocycles. The highest BCUT2D eigenvalue weighted by atomic mass is 14.5. The summed E-state index contributed by atoms with van der Waals surface area (Å²) in [5.74, 6) is 1.35. The van der Waals surface area contributed by atoms with E-state index in [9.17, 15) is 0 Å². The largest absolute Gasteiger partial charge is 0.326 e. The summed E-state index contributed by atoms with van der Waals surface area (Å²) >= 11 is 0. The molecule has 1 nitrogen and oxygen atoms in total. The molecule has 0 fully saturated rings. The molecule has 2 N–H and O–H groups in total. The Bertz CT molecular complexity index is 591. The van der Waals surface area contributed by atoms with Gasteiger partial charge in [-0.1, -0.05) is 82.0 Å². The van der Waals surface area contributed by atoms with Crippen molar-refractivity contribution in [1.29, 1.82) is 0 Å². The van der Waals surface area contributed by atoms with E-state index in [2.05, 4.69) is 76.9 Å². The maximum absolute atomic E-state index is 5.66. The number of allylic oxidation sites excluding steroid dienone is 5. The van der Waals surface area contributed by atoms with Crippen molar-refractivity contribution in [3.8, 4) is 0 Å².